The molecule has 3 aromatic rings. The number of phenols is 1. The summed E-state index contributed by atoms with van der Waals surface area (Å²) in [6, 6.07) is 12.1. The summed E-state index contributed by atoms with van der Waals surface area (Å²) >= 11 is 3.41. The molecule has 3 rings (SSSR count). The Morgan fingerprint density at radius 1 is 1.27 bits per heavy atom. The number of esters is 1. The topological polar surface area (TPSA) is 59.7 Å². The van der Waals surface area contributed by atoms with Gasteiger partial charge >= 0.3 is 5.97 Å². The van der Waals surface area contributed by atoms with Crippen LogP contribution in [0.4, 0.5) is 0 Å². The highest BCUT2D eigenvalue weighted by Gasteiger charge is 2.23. The first kappa shape index (κ1) is 14.7. The van der Waals surface area contributed by atoms with Crippen molar-refractivity contribution < 1.29 is 19.1 Å². The van der Waals surface area contributed by atoms with Crippen molar-refractivity contribution in [3.63, 3.8) is 0 Å². The molecule has 0 fully saturated rings. The van der Waals surface area contributed by atoms with Gasteiger partial charge in [-0.05, 0) is 37.3 Å². The van der Waals surface area contributed by atoms with E-state index in [0.29, 0.717) is 22.3 Å². The number of hydrogen-bond donors (Lipinski definition) is 1. The summed E-state index contributed by atoms with van der Waals surface area (Å²) in [4.78, 5) is 12.3. The minimum Gasteiger partial charge on any atom is -0.508 e. The van der Waals surface area contributed by atoms with Gasteiger partial charge in [-0.2, -0.15) is 0 Å². The van der Waals surface area contributed by atoms with Crippen molar-refractivity contribution >= 4 is 32.9 Å². The third-order valence-electron chi connectivity index (χ3n) is 3.24. The second-order valence-electron chi connectivity index (χ2n) is 4.72. The molecule has 112 valence electrons. The maximum atomic E-state index is 12.3. The van der Waals surface area contributed by atoms with Gasteiger partial charge < -0.3 is 14.3 Å². The fraction of sp³-hybridized carbons (Fsp3) is 0.118. The van der Waals surface area contributed by atoms with Crippen molar-refractivity contribution in [2.24, 2.45) is 0 Å². The predicted octanol–water partition coefficient (Wildman–Crippen LogP) is 4.74. The number of furan rings is 1. The van der Waals surface area contributed by atoms with Gasteiger partial charge in [0, 0.05) is 15.4 Å². The Bertz CT molecular complexity index is 851. The van der Waals surface area contributed by atoms with Crippen molar-refractivity contribution in [1.29, 1.82) is 0 Å². The van der Waals surface area contributed by atoms with Gasteiger partial charge in [-0.25, -0.2) is 4.79 Å². The van der Waals surface area contributed by atoms with E-state index in [1.165, 1.54) is 12.1 Å². The lowest BCUT2D eigenvalue weighted by molar-refractivity contribution is 0.0529. The van der Waals surface area contributed by atoms with E-state index in [4.69, 9.17) is 9.15 Å². The molecule has 5 heteroatoms. The first-order valence-corrected chi connectivity index (χ1v) is 7.58. The van der Waals surface area contributed by atoms with Crippen LogP contribution in [0.3, 0.4) is 0 Å². The molecule has 0 saturated carbocycles. The minimum atomic E-state index is -0.471. The second kappa shape index (κ2) is 5.85. The first-order valence-electron chi connectivity index (χ1n) is 6.78. The second-order valence-corrected chi connectivity index (χ2v) is 5.63. The average Bonchev–Trinajstić information content (AvgIpc) is 2.86. The summed E-state index contributed by atoms with van der Waals surface area (Å²) in [5.74, 6) is 0.0295. The molecule has 0 bridgehead atoms. The van der Waals surface area contributed by atoms with E-state index in [0.717, 1.165) is 10.0 Å². The highest BCUT2D eigenvalue weighted by atomic mass is 79.9. The summed E-state index contributed by atoms with van der Waals surface area (Å²) in [5, 5.41) is 10.2. The molecule has 4 nitrogen and oxygen atoms in total. The first-order chi connectivity index (χ1) is 10.6. The van der Waals surface area contributed by atoms with E-state index in [1.54, 1.807) is 13.0 Å². The Kier molecular flexibility index (Phi) is 3.90. The summed E-state index contributed by atoms with van der Waals surface area (Å²) in [6.07, 6.45) is 0. The maximum Gasteiger partial charge on any atom is 0.342 e. The van der Waals surface area contributed by atoms with Crippen LogP contribution in [0.1, 0.15) is 17.3 Å². The van der Waals surface area contributed by atoms with Crippen LogP contribution in [0.2, 0.25) is 0 Å². The summed E-state index contributed by atoms with van der Waals surface area (Å²) in [7, 11) is 0. The van der Waals surface area contributed by atoms with Crippen LogP contribution in [-0.4, -0.2) is 17.7 Å². The van der Waals surface area contributed by atoms with E-state index in [1.807, 2.05) is 24.3 Å². The summed E-state index contributed by atoms with van der Waals surface area (Å²) in [5.41, 5.74) is 1.61. The van der Waals surface area contributed by atoms with Gasteiger partial charge in [0.1, 0.15) is 22.7 Å². The summed E-state index contributed by atoms with van der Waals surface area (Å²) in [6.45, 7) is 2.01. The molecule has 0 saturated heterocycles. The SMILES string of the molecule is CCOC(=O)c1c(-c2cccc(Br)c2)oc2ccc(O)cc12. The molecule has 2 aromatic carbocycles. The van der Waals surface area contributed by atoms with Crippen molar-refractivity contribution in [1.82, 2.24) is 0 Å². The van der Waals surface area contributed by atoms with Crippen LogP contribution in [0.5, 0.6) is 5.75 Å². The fourth-order valence-corrected chi connectivity index (χ4v) is 2.72. The van der Waals surface area contributed by atoms with Crippen molar-refractivity contribution in [3.05, 3.63) is 52.5 Å². The normalized spacial score (nSPS) is 10.8. The van der Waals surface area contributed by atoms with E-state index in [9.17, 15) is 9.90 Å². The molecular formula is C17H13BrO4. The lowest BCUT2D eigenvalue weighted by Crippen LogP contribution is -2.05. The van der Waals surface area contributed by atoms with E-state index < -0.39 is 5.97 Å². The molecule has 1 heterocycles. The number of carbonyl (C=O) groups excluding carboxylic acids is 1. The van der Waals surface area contributed by atoms with Crippen molar-refractivity contribution in [2.45, 2.75) is 6.92 Å². The van der Waals surface area contributed by atoms with Gasteiger partial charge in [-0.1, -0.05) is 28.1 Å². The average molecular weight is 361 g/mol. The Hall–Kier alpha value is -2.27. The molecule has 0 unspecified atom stereocenters. The molecule has 0 aliphatic carbocycles. The number of ether oxygens (including phenoxy) is 1. The third kappa shape index (κ3) is 2.60. The van der Waals surface area contributed by atoms with Gasteiger partial charge in [-0.15, -0.1) is 0 Å². The van der Waals surface area contributed by atoms with Crippen molar-refractivity contribution in [2.75, 3.05) is 6.61 Å². The standard InChI is InChI=1S/C17H13BrO4/c1-2-21-17(20)15-13-9-12(19)6-7-14(13)22-16(15)10-4-3-5-11(18)8-10/h3-9,19H,2H2,1H3. The van der Waals surface area contributed by atoms with Crippen LogP contribution >= 0.6 is 15.9 Å². The quantitative estimate of drug-likeness (QED) is 0.685. The van der Waals surface area contributed by atoms with Gasteiger partial charge in [-0.3, -0.25) is 0 Å². The van der Waals surface area contributed by atoms with Gasteiger partial charge in [0.2, 0.25) is 0 Å². The van der Waals surface area contributed by atoms with Crippen LogP contribution < -0.4 is 0 Å². The van der Waals surface area contributed by atoms with Gasteiger partial charge in [0.25, 0.3) is 0 Å². The molecule has 22 heavy (non-hydrogen) atoms. The Labute approximate surface area is 135 Å². The van der Waals surface area contributed by atoms with Crippen LogP contribution in [0, 0.1) is 0 Å². The largest absolute Gasteiger partial charge is 0.508 e. The zero-order valence-corrected chi connectivity index (χ0v) is 13.4. The number of benzene rings is 2. The van der Waals surface area contributed by atoms with Gasteiger partial charge in [0.15, 0.2) is 0 Å². The fourth-order valence-electron chi connectivity index (χ4n) is 2.32. The molecule has 0 aliphatic heterocycles. The number of fused-ring (bicyclic) bond motifs is 1. The molecule has 1 N–H and O–H groups in total. The number of aromatic hydroxyl groups is 1. The number of hydrogen-bond acceptors (Lipinski definition) is 4. The summed E-state index contributed by atoms with van der Waals surface area (Å²) < 4.78 is 11.8. The zero-order valence-electron chi connectivity index (χ0n) is 11.8. The van der Waals surface area contributed by atoms with Crippen molar-refractivity contribution in [3.8, 4) is 17.1 Å². The lowest BCUT2D eigenvalue weighted by Gasteiger charge is -2.04. The third-order valence-corrected chi connectivity index (χ3v) is 3.73. The van der Waals surface area contributed by atoms with Crippen LogP contribution in [-0.2, 0) is 4.74 Å². The number of carbonyl (C=O) groups is 1. The maximum absolute atomic E-state index is 12.3. The highest BCUT2D eigenvalue weighted by molar-refractivity contribution is 9.10. The minimum absolute atomic E-state index is 0.0691. The highest BCUT2D eigenvalue weighted by Crippen LogP contribution is 2.36. The molecule has 0 amide bonds. The lowest BCUT2D eigenvalue weighted by atomic mass is 10.1. The molecule has 1 aromatic heterocycles. The zero-order chi connectivity index (χ0) is 15.7. The molecule has 0 aliphatic rings. The monoisotopic (exact) mass is 360 g/mol. The molecule has 0 radical (unpaired) electrons. The number of halogens is 1. The van der Waals surface area contributed by atoms with Crippen LogP contribution in [0.15, 0.2) is 51.4 Å². The molecular weight excluding hydrogens is 348 g/mol. The smallest absolute Gasteiger partial charge is 0.342 e. The van der Waals surface area contributed by atoms with E-state index >= 15 is 0 Å². The van der Waals surface area contributed by atoms with E-state index in [2.05, 4.69) is 15.9 Å². The Balaban J connectivity index is 2.29. The predicted molar refractivity (Wildman–Crippen MR) is 87.0 cm³/mol. The molecule has 0 atom stereocenters. The van der Waals surface area contributed by atoms with E-state index in [-0.39, 0.29) is 12.4 Å². The molecule has 0 spiro atoms. The van der Waals surface area contributed by atoms with Gasteiger partial charge in [0.05, 0.1) is 6.61 Å². The Morgan fingerprint density at radius 2 is 2.09 bits per heavy atom. The number of rotatable bonds is 3. The number of phenolic OH excluding ortho intramolecular Hbond substituents is 1. The van der Waals surface area contributed by atoms with Crippen LogP contribution in [0.25, 0.3) is 22.3 Å². The Morgan fingerprint density at radius 3 is 2.82 bits per heavy atom.